The molecule has 0 spiro atoms. The minimum absolute atomic E-state index is 0.241. The summed E-state index contributed by atoms with van der Waals surface area (Å²) in [6.07, 6.45) is -1.17. The van der Waals surface area contributed by atoms with E-state index in [1.807, 2.05) is 6.92 Å². The number of rotatable bonds is 8. The van der Waals surface area contributed by atoms with Gasteiger partial charge in [0.2, 0.25) is 0 Å². The van der Waals surface area contributed by atoms with Crippen LogP contribution in [0, 0.1) is 0 Å². The van der Waals surface area contributed by atoms with E-state index in [-0.39, 0.29) is 6.54 Å². The third kappa shape index (κ3) is 7.64. The maximum absolute atomic E-state index is 11.3. The van der Waals surface area contributed by atoms with Gasteiger partial charge in [0.15, 0.2) is 6.04 Å². The van der Waals surface area contributed by atoms with E-state index in [2.05, 4.69) is 17.2 Å². The van der Waals surface area contributed by atoms with Crippen molar-refractivity contribution in [1.29, 1.82) is 0 Å². The monoisotopic (exact) mass is 260 g/mol. The van der Waals surface area contributed by atoms with Crippen LogP contribution >= 0.6 is 0 Å². The van der Waals surface area contributed by atoms with Gasteiger partial charge < -0.3 is 25.6 Å². The molecule has 0 heterocycles. The van der Waals surface area contributed by atoms with E-state index >= 15 is 0 Å². The van der Waals surface area contributed by atoms with Crippen LogP contribution in [0.4, 0.5) is 4.79 Å². The molecule has 0 aliphatic heterocycles. The number of nitrogens with one attached hydrogen (secondary N) is 2. The van der Waals surface area contributed by atoms with Gasteiger partial charge in [-0.25, -0.2) is 9.59 Å². The van der Waals surface area contributed by atoms with Crippen molar-refractivity contribution in [3.05, 3.63) is 12.2 Å². The Bertz CT molecular complexity index is 304. The first-order chi connectivity index (χ1) is 8.34. The fourth-order valence-electron chi connectivity index (χ4n) is 1.06. The fraction of sp³-hybridized carbons (Fsp3) is 0.636. The summed E-state index contributed by atoms with van der Waals surface area (Å²) < 4.78 is 5.14. The van der Waals surface area contributed by atoms with E-state index in [0.29, 0.717) is 13.2 Å². The van der Waals surface area contributed by atoms with Crippen molar-refractivity contribution in [3.63, 3.8) is 0 Å². The van der Waals surface area contributed by atoms with E-state index in [9.17, 15) is 9.59 Å². The molecule has 0 aliphatic carbocycles. The van der Waals surface area contributed by atoms with Crippen LogP contribution in [0.1, 0.15) is 13.8 Å². The summed E-state index contributed by atoms with van der Waals surface area (Å²) >= 11 is 0. The molecule has 2 atom stereocenters. The number of carbonyl (C=O) groups excluding carboxylic acids is 1. The number of aliphatic hydroxyl groups excluding tert-OH is 1. The number of aliphatic hydroxyl groups is 1. The Morgan fingerprint density at radius 3 is 2.50 bits per heavy atom. The number of carbonyl (C=O) groups is 2. The number of ether oxygens (including phenoxy) is 1. The zero-order valence-corrected chi connectivity index (χ0v) is 10.6. The second-order valence-corrected chi connectivity index (χ2v) is 3.97. The first-order valence-electron chi connectivity index (χ1n) is 5.52. The number of amides is 2. The highest BCUT2D eigenvalue weighted by Gasteiger charge is 2.24. The van der Waals surface area contributed by atoms with Crippen LogP contribution in [-0.2, 0) is 9.53 Å². The first kappa shape index (κ1) is 16.4. The number of aliphatic carboxylic acids is 1. The van der Waals surface area contributed by atoms with Gasteiger partial charge in [0, 0.05) is 6.54 Å². The molecular formula is C11H20N2O5. The average molecular weight is 260 g/mol. The van der Waals surface area contributed by atoms with E-state index in [1.54, 1.807) is 0 Å². The Morgan fingerprint density at radius 1 is 1.44 bits per heavy atom. The van der Waals surface area contributed by atoms with Crippen molar-refractivity contribution in [2.75, 3.05) is 19.8 Å². The van der Waals surface area contributed by atoms with Gasteiger partial charge >= 0.3 is 12.0 Å². The number of carboxylic acids is 1. The molecule has 0 fully saturated rings. The molecule has 2 unspecified atom stereocenters. The van der Waals surface area contributed by atoms with Gasteiger partial charge in [0.25, 0.3) is 0 Å². The lowest BCUT2D eigenvalue weighted by molar-refractivity contribution is -0.141. The Hall–Kier alpha value is -1.60. The van der Waals surface area contributed by atoms with Crippen LogP contribution in [0.3, 0.4) is 0 Å². The van der Waals surface area contributed by atoms with E-state index in [4.69, 9.17) is 14.9 Å². The van der Waals surface area contributed by atoms with Crippen molar-refractivity contribution in [3.8, 4) is 0 Å². The predicted octanol–water partition coefficient (Wildman–Crippen LogP) is -0.288. The lowest BCUT2D eigenvalue weighted by Crippen LogP contribution is -2.51. The highest BCUT2D eigenvalue weighted by Crippen LogP contribution is 1.92. The van der Waals surface area contributed by atoms with Gasteiger partial charge in [0.1, 0.15) is 0 Å². The molecule has 0 aliphatic rings. The van der Waals surface area contributed by atoms with Gasteiger partial charge in [-0.3, -0.25) is 0 Å². The standard InChI is InChI=1S/C11H20N2O5/c1-7(2)6-18-5-4-12-11(17)13-9(8(3)14)10(15)16/h8-9,14H,1,4-6H2,2-3H3,(H,15,16)(H2,12,13,17). The van der Waals surface area contributed by atoms with Gasteiger partial charge in [0.05, 0.1) is 19.3 Å². The molecule has 4 N–H and O–H groups in total. The Kier molecular flexibility index (Phi) is 7.73. The van der Waals surface area contributed by atoms with Crippen molar-refractivity contribution < 1.29 is 24.5 Å². The molecule has 0 bridgehead atoms. The van der Waals surface area contributed by atoms with Crippen molar-refractivity contribution in [2.45, 2.75) is 26.0 Å². The molecule has 7 heteroatoms. The van der Waals surface area contributed by atoms with Crippen LogP contribution in [0.5, 0.6) is 0 Å². The summed E-state index contributed by atoms with van der Waals surface area (Å²) in [5, 5.41) is 22.4. The summed E-state index contributed by atoms with van der Waals surface area (Å²) in [6.45, 7) is 7.71. The number of hydrogen-bond donors (Lipinski definition) is 4. The molecule has 0 saturated heterocycles. The second kappa shape index (κ2) is 8.48. The molecule has 104 valence electrons. The van der Waals surface area contributed by atoms with Crippen LogP contribution in [0.2, 0.25) is 0 Å². The number of hydrogen-bond acceptors (Lipinski definition) is 4. The Balaban J connectivity index is 3.82. The summed E-state index contributed by atoms with van der Waals surface area (Å²) in [5.41, 5.74) is 0.875. The SMILES string of the molecule is C=C(C)COCCNC(=O)NC(C(=O)O)C(C)O. The molecule has 0 aromatic heterocycles. The molecule has 18 heavy (non-hydrogen) atoms. The molecule has 0 aromatic carbocycles. The topological polar surface area (TPSA) is 108 Å². The summed E-state index contributed by atoms with van der Waals surface area (Å²) in [7, 11) is 0. The molecule has 0 aromatic rings. The van der Waals surface area contributed by atoms with Gasteiger partial charge in [-0.15, -0.1) is 0 Å². The second-order valence-electron chi connectivity index (χ2n) is 3.97. The normalized spacial score (nSPS) is 13.5. The number of carboxylic acid groups (broad SMARTS) is 1. The summed E-state index contributed by atoms with van der Waals surface area (Å²) in [4.78, 5) is 22.0. The zero-order valence-electron chi connectivity index (χ0n) is 10.6. The third-order valence-corrected chi connectivity index (χ3v) is 1.92. The highest BCUT2D eigenvalue weighted by molar-refractivity contribution is 5.82. The largest absolute Gasteiger partial charge is 0.480 e. The minimum Gasteiger partial charge on any atom is -0.480 e. The molecule has 0 rings (SSSR count). The van der Waals surface area contributed by atoms with Crippen LogP contribution in [0.25, 0.3) is 0 Å². The molecule has 0 radical (unpaired) electrons. The zero-order chi connectivity index (χ0) is 14.1. The van der Waals surface area contributed by atoms with Crippen LogP contribution in [0.15, 0.2) is 12.2 Å². The molecule has 7 nitrogen and oxygen atoms in total. The highest BCUT2D eigenvalue weighted by atomic mass is 16.5. The minimum atomic E-state index is -1.33. The Labute approximate surface area is 106 Å². The number of urea groups is 1. The van der Waals surface area contributed by atoms with Crippen LogP contribution in [-0.4, -0.2) is 54.1 Å². The van der Waals surface area contributed by atoms with Crippen LogP contribution < -0.4 is 10.6 Å². The summed E-state index contributed by atoms with van der Waals surface area (Å²) in [5.74, 6) is -1.29. The average Bonchev–Trinajstić information content (AvgIpc) is 2.24. The molecular weight excluding hydrogens is 240 g/mol. The first-order valence-corrected chi connectivity index (χ1v) is 5.52. The lowest BCUT2D eigenvalue weighted by atomic mass is 10.2. The summed E-state index contributed by atoms with van der Waals surface area (Å²) in [6, 6.07) is -2.00. The van der Waals surface area contributed by atoms with Gasteiger partial charge in [-0.05, 0) is 13.8 Å². The predicted molar refractivity (Wildman–Crippen MR) is 65.3 cm³/mol. The van der Waals surface area contributed by atoms with Crippen molar-refractivity contribution >= 4 is 12.0 Å². The lowest BCUT2D eigenvalue weighted by Gasteiger charge is -2.17. The molecule has 2 amide bonds. The third-order valence-electron chi connectivity index (χ3n) is 1.92. The fourth-order valence-corrected chi connectivity index (χ4v) is 1.06. The Morgan fingerprint density at radius 2 is 2.06 bits per heavy atom. The van der Waals surface area contributed by atoms with Crippen molar-refractivity contribution in [1.82, 2.24) is 10.6 Å². The molecule has 0 saturated carbocycles. The van der Waals surface area contributed by atoms with Gasteiger partial charge in [-0.1, -0.05) is 12.2 Å². The maximum Gasteiger partial charge on any atom is 0.328 e. The van der Waals surface area contributed by atoms with Gasteiger partial charge in [-0.2, -0.15) is 0 Å². The van der Waals surface area contributed by atoms with E-state index in [0.717, 1.165) is 5.57 Å². The smallest absolute Gasteiger partial charge is 0.328 e. The van der Waals surface area contributed by atoms with E-state index < -0.39 is 24.1 Å². The quantitative estimate of drug-likeness (QED) is 0.354. The van der Waals surface area contributed by atoms with Crippen molar-refractivity contribution in [2.24, 2.45) is 0 Å². The van der Waals surface area contributed by atoms with E-state index in [1.165, 1.54) is 6.92 Å². The maximum atomic E-state index is 11.3.